The lowest BCUT2D eigenvalue weighted by molar-refractivity contribution is -0.131. The van der Waals surface area contributed by atoms with Crippen LogP contribution in [0.2, 0.25) is 0 Å². The van der Waals surface area contributed by atoms with E-state index in [9.17, 15) is 4.79 Å². The Morgan fingerprint density at radius 2 is 1.84 bits per heavy atom. The first-order valence-corrected chi connectivity index (χ1v) is 9.14. The number of hydrogen-bond acceptors (Lipinski definition) is 2. The zero-order valence-electron chi connectivity index (χ0n) is 15.0. The van der Waals surface area contributed by atoms with E-state index in [1.807, 2.05) is 36.4 Å². The summed E-state index contributed by atoms with van der Waals surface area (Å²) in [6.07, 6.45) is 5.58. The maximum Gasteiger partial charge on any atom is 0.339 e. The average molecular weight is 332 g/mol. The van der Waals surface area contributed by atoms with Gasteiger partial charge >= 0.3 is 5.97 Å². The maximum atomic E-state index is 12.8. The molecule has 2 nitrogen and oxygen atoms in total. The number of allylic oxidation sites excluding steroid dienone is 3. The first kappa shape index (κ1) is 16.1. The summed E-state index contributed by atoms with van der Waals surface area (Å²) >= 11 is 0. The molecule has 0 heterocycles. The third kappa shape index (κ3) is 2.90. The molecule has 0 N–H and O–H groups in total. The Balaban J connectivity index is 1.59. The molecule has 0 spiro atoms. The van der Waals surface area contributed by atoms with Crippen molar-refractivity contribution in [1.82, 2.24) is 0 Å². The molecule has 3 aliphatic carbocycles. The second-order valence-corrected chi connectivity index (χ2v) is 7.71. The largest absolute Gasteiger partial charge is 0.423 e. The van der Waals surface area contributed by atoms with Crippen molar-refractivity contribution in [2.24, 2.45) is 23.7 Å². The normalized spacial score (nSPS) is 25.0. The third-order valence-corrected chi connectivity index (χ3v) is 5.78. The van der Waals surface area contributed by atoms with Gasteiger partial charge in [-0.05, 0) is 54.0 Å². The lowest BCUT2D eigenvalue weighted by Gasteiger charge is -2.41. The molecule has 2 bridgehead atoms. The second kappa shape index (κ2) is 6.18. The van der Waals surface area contributed by atoms with Gasteiger partial charge in [0.1, 0.15) is 5.75 Å². The smallest absolute Gasteiger partial charge is 0.339 e. The van der Waals surface area contributed by atoms with Crippen molar-refractivity contribution in [2.45, 2.75) is 27.2 Å². The Morgan fingerprint density at radius 1 is 1.08 bits per heavy atom. The molecular weight excluding hydrogens is 308 g/mol. The first-order chi connectivity index (χ1) is 12.0. The van der Waals surface area contributed by atoms with Crippen LogP contribution in [-0.2, 0) is 4.79 Å². The van der Waals surface area contributed by atoms with Crippen molar-refractivity contribution in [2.75, 3.05) is 0 Å². The number of esters is 1. The molecule has 128 valence electrons. The molecule has 25 heavy (non-hydrogen) atoms. The van der Waals surface area contributed by atoms with Crippen molar-refractivity contribution >= 4 is 16.7 Å². The van der Waals surface area contributed by atoms with Gasteiger partial charge in [-0.3, -0.25) is 0 Å². The summed E-state index contributed by atoms with van der Waals surface area (Å²) in [5.74, 6) is 2.09. The van der Waals surface area contributed by atoms with Crippen LogP contribution in [0, 0.1) is 23.7 Å². The molecule has 2 aromatic rings. The predicted octanol–water partition coefficient (Wildman–Crippen LogP) is 5.54. The summed E-state index contributed by atoms with van der Waals surface area (Å²) in [7, 11) is 0. The number of hydrogen-bond donors (Lipinski definition) is 0. The van der Waals surface area contributed by atoms with Crippen molar-refractivity contribution in [3.05, 3.63) is 65.8 Å². The lowest BCUT2D eigenvalue weighted by atomic mass is 9.63. The van der Waals surface area contributed by atoms with E-state index in [4.69, 9.17) is 4.74 Å². The summed E-state index contributed by atoms with van der Waals surface area (Å²) in [5.41, 5.74) is 2.23. The Kier molecular flexibility index (Phi) is 3.99. The second-order valence-electron chi connectivity index (χ2n) is 7.71. The van der Waals surface area contributed by atoms with Crippen molar-refractivity contribution in [3.63, 3.8) is 0 Å². The van der Waals surface area contributed by atoms with Gasteiger partial charge in [0.05, 0.1) is 0 Å². The Bertz CT molecular complexity index is 888. The van der Waals surface area contributed by atoms with Crippen LogP contribution >= 0.6 is 0 Å². The van der Waals surface area contributed by atoms with Crippen LogP contribution in [0.4, 0.5) is 0 Å². The Labute approximate surface area is 149 Å². The lowest BCUT2D eigenvalue weighted by Crippen LogP contribution is -2.36. The van der Waals surface area contributed by atoms with Crippen LogP contribution in [-0.4, -0.2) is 5.97 Å². The molecular formula is C23H24O2. The summed E-state index contributed by atoms with van der Waals surface area (Å²) < 4.78 is 5.74. The van der Waals surface area contributed by atoms with Crippen LogP contribution < -0.4 is 4.74 Å². The highest BCUT2D eigenvalue weighted by Gasteiger charge is 2.40. The number of rotatable bonds is 3. The molecule has 0 radical (unpaired) electrons. The summed E-state index contributed by atoms with van der Waals surface area (Å²) in [4.78, 5) is 12.8. The highest BCUT2D eigenvalue weighted by atomic mass is 16.5. The first-order valence-electron chi connectivity index (χ1n) is 9.14. The molecule has 2 heteroatoms. The molecule has 0 aromatic heterocycles. The minimum absolute atomic E-state index is 0.193. The molecule has 0 aliphatic heterocycles. The van der Waals surface area contributed by atoms with Crippen molar-refractivity contribution in [1.29, 1.82) is 0 Å². The van der Waals surface area contributed by atoms with E-state index >= 15 is 0 Å². The minimum Gasteiger partial charge on any atom is -0.423 e. The van der Waals surface area contributed by atoms with Crippen molar-refractivity contribution in [3.8, 4) is 5.75 Å². The number of carbonyl (C=O) groups excluding carboxylic acids is 1. The monoisotopic (exact) mass is 332 g/mol. The van der Waals surface area contributed by atoms with E-state index in [2.05, 4.69) is 39.0 Å². The zero-order valence-corrected chi connectivity index (χ0v) is 15.0. The SMILES string of the molecule is CC1=CC2C(C(=O)Oc3ccc4ccccc4c3)=C[C@@H]1CC2C(C)C. The third-order valence-electron chi connectivity index (χ3n) is 5.78. The van der Waals surface area contributed by atoms with E-state index in [1.165, 1.54) is 5.57 Å². The Hall–Kier alpha value is -2.35. The molecule has 0 fully saturated rings. The topological polar surface area (TPSA) is 26.3 Å². The highest BCUT2D eigenvalue weighted by molar-refractivity contribution is 5.93. The van der Waals surface area contributed by atoms with Gasteiger partial charge in [-0.25, -0.2) is 4.79 Å². The zero-order chi connectivity index (χ0) is 17.6. The van der Waals surface area contributed by atoms with E-state index < -0.39 is 0 Å². The summed E-state index contributed by atoms with van der Waals surface area (Å²) in [6, 6.07) is 13.9. The molecule has 0 amide bonds. The van der Waals surface area contributed by atoms with E-state index in [-0.39, 0.29) is 11.9 Å². The van der Waals surface area contributed by atoms with Gasteiger partial charge in [0, 0.05) is 11.5 Å². The average Bonchev–Trinajstić information content (AvgIpc) is 2.61. The molecule has 2 aromatic carbocycles. The van der Waals surface area contributed by atoms with Crippen LogP contribution in [0.1, 0.15) is 27.2 Å². The number of carbonyl (C=O) groups is 1. The van der Waals surface area contributed by atoms with E-state index in [0.717, 1.165) is 22.8 Å². The summed E-state index contributed by atoms with van der Waals surface area (Å²) in [5, 5.41) is 2.24. The fourth-order valence-corrected chi connectivity index (χ4v) is 4.29. The summed E-state index contributed by atoms with van der Waals surface area (Å²) in [6.45, 7) is 6.68. The molecule has 0 saturated carbocycles. The molecule has 0 saturated heterocycles. The molecule has 3 atom stereocenters. The standard InChI is InChI=1S/C23H24O2/c1-14(2)20-12-18-13-22(21(20)10-15(18)3)23(24)25-19-9-8-16-6-4-5-7-17(16)11-19/h4-11,13-14,18,20-21H,12H2,1-3H3/t18-,20?,21?/m0/s1. The number of ether oxygens (including phenoxy) is 1. The molecule has 5 rings (SSSR count). The van der Waals surface area contributed by atoms with E-state index in [0.29, 0.717) is 23.5 Å². The highest BCUT2D eigenvalue weighted by Crippen LogP contribution is 2.46. The van der Waals surface area contributed by atoms with E-state index in [1.54, 1.807) is 0 Å². The molecule has 3 aliphatic rings. The maximum absolute atomic E-state index is 12.8. The predicted molar refractivity (Wildman–Crippen MR) is 101 cm³/mol. The van der Waals surface area contributed by atoms with Crippen molar-refractivity contribution < 1.29 is 9.53 Å². The molecule has 2 unspecified atom stereocenters. The van der Waals surface area contributed by atoms with Crippen LogP contribution in [0.3, 0.4) is 0 Å². The van der Waals surface area contributed by atoms with Gasteiger partial charge in [-0.1, -0.05) is 61.9 Å². The fraction of sp³-hybridized carbons (Fsp3) is 0.348. The van der Waals surface area contributed by atoms with Gasteiger partial charge in [0.15, 0.2) is 0 Å². The number of benzene rings is 2. The van der Waals surface area contributed by atoms with Crippen LogP contribution in [0.5, 0.6) is 5.75 Å². The van der Waals surface area contributed by atoms with Gasteiger partial charge in [-0.2, -0.15) is 0 Å². The minimum atomic E-state index is -0.195. The quantitative estimate of drug-likeness (QED) is 0.419. The Morgan fingerprint density at radius 3 is 2.56 bits per heavy atom. The number of fused-ring (bicyclic) bond motifs is 2. The fourth-order valence-electron chi connectivity index (χ4n) is 4.29. The van der Waals surface area contributed by atoms with Gasteiger partial charge in [-0.15, -0.1) is 0 Å². The van der Waals surface area contributed by atoms with Crippen LogP contribution in [0.15, 0.2) is 65.8 Å². The van der Waals surface area contributed by atoms with Gasteiger partial charge < -0.3 is 4.74 Å². The van der Waals surface area contributed by atoms with Gasteiger partial charge in [0.2, 0.25) is 0 Å². The van der Waals surface area contributed by atoms with Gasteiger partial charge in [0.25, 0.3) is 0 Å². The van der Waals surface area contributed by atoms with Crippen LogP contribution in [0.25, 0.3) is 10.8 Å².